The Morgan fingerprint density at radius 3 is 2.62 bits per heavy atom. The molecule has 0 bridgehead atoms. The maximum absolute atomic E-state index is 5.77. The van der Waals surface area contributed by atoms with Gasteiger partial charge in [0.25, 0.3) is 0 Å². The molecule has 1 aromatic carbocycles. The number of hydrogen-bond donors (Lipinski definition) is 1. The summed E-state index contributed by atoms with van der Waals surface area (Å²) in [4.78, 5) is 2.43. The Morgan fingerprint density at radius 2 is 2.05 bits per heavy atom. The van der Waals surface area contributed by atoms with Crippen molar-refractivity contribution in [2.75, 3.05) is 26.7 Å². The van der Waals surface area contributed by atoms with Gasteiger partial charge in [-0.1, -0.05) is 36.8 Å². The maximum Gasteiger partial charge on any atom is 0.0702 e. The van der Waals surface area contributed by atoms with E-state index in [2.05, 4.69) is 62.3 Å². The van der Waals surface area contributed by atoms with Crippen molar-refractivity contribution in [1.82, 2.24) is 10.2 Å². The lowest BCUT2D eigenvalue weighted by molar-refractivity contribution is 0.0640. The summed E-state index contributed by atoms with van der Waals surface area (Å²) in [5, 5.41) is 3.64. The van der Waals surface area contributed by atoms with Crippen LogP contribution in [-0.2, 0) is 4.74 Å². The third-order valence-electron chi connectivity index (χ3n) is 4.55. The monoisotopic (exact) mass is 290 g/mol. The second-order valence-electron chi connectivity index (χ2n) is 6.26. The molecule has 1 aromatic rings. The van der Waals surface area contributed by atoms with Crippen LogP contribution < -0.4 is 5.32 Å². The first-order chi connectivity index (χ1) is 10.1. The number of hydrogen-bond acceptors (Lipinski definition) is 3. The fourth-order valence-electron chi connectivity index (χ4n) is 3.09. The minimum Gasteiger partial charge on any atom is -0.377 e. The van der Waals surface area contributed by atoms with Crippen LogP contribution in [0.3, 0.4) is 0 Å². The molecule has 1 aliphatic heterocycles. The van der Waals surface area contributed by atoms with Gasteiger partial charge in [0.1, 0.15) is 0 Å². The zero-order valence-electron chi connectivity index (χ0n) is 13.9. The van der Waals surface area contributed by atoms with Crippen molar-refractivity contribution in [2.24, 2.45) is 0 Å². The number of nitrogens with one attached hydrogen (secondary N) is 1. The predicted octanol–water partition coefficient (Wildman–Crippen LogP) is 3.14. The number of ether oxygens (including phenoxy) is 1. The van der Waals surface area contributed by atoms with E-state index in [0.29, 0.717) is 18.2 Å². The van der Waals surface area contributed by atoms with E-state index < -0.39 is 0 Å². The van der Waals surface area contributed by atoms with Gasteiger partial charge in [0.15, 0.2) is 0 Å². The van der Waals surface area contributed by atoms with E-state index in [4.69, 9.17) is 4.74 Å². The molecule has 3 nitrogen and oxygen atoms in total. The van der Waals surface area contributed by atoms with E-state index in [1.165, 1.54) is 24.0 Å². The van der Waals surface area contributed by atoms with E-state index in [-0.39, 0.29) is 0 Å². The summed E-state index contributed by atoms with van der Waals surface area (Å²) in [7, 11) is 2.21. The van der Waals surface area contributed by atoms with Gasteiger partial charge < -0.3 is 10.1 Å². The Morgan fingerprint density at radius 1 is 1.33 bits per heavy atom. The summed E-state index contributed by atoms with van der Waals surface area (Å²) in [6, 6.07) is 9.70. The van der Waals surface area contributed by atoms with Crippen LogP contribution in [0.5, 0.6) is 0 Å². The van der Waals surface area contributed by atoms with Crippen molar-refractivity contribution in [3.8, 4) is 0 Å². The average Bonchev–Trinajstić information content (AvgIpc) is 2.98. The van der Waals surface area contributed by atoms with Gasteiger partial charge in [0.05, 0.1) is 6.10 Å². The Bertz CT molecular complexity index is 412. The molecule has 1 heterocycles. The highest BCUT2D eigenvalue weighted by atomic mass is 16.5. The Labute approximate surface area is 129 Å². The second-order valence-corrected chi connectivity index (χ2v) is 6.26. The molecule has 2 rings (SSSR count). The van der Waals surface area contributed by atoms with Gasteiger partial charge in [-0.25, -0.2) is 0 Å². The van der Waals surface area contributed by atoms with Crippen molar-refractivity contribution in [1.29, 1.82) is 0 Å². The van der Waals surface area contributed by atoms with Crippen LogP contribution in [0.25, 0.3) is 0 Å². The van der Waals surface area contributed by atoms with Gasteiger partial charge in [0, 0.05) is 25.2 Å². The number of nitrogens with zero attached hydrogens (tertiary/aromatic N) is 1. The third kappa shape index (κ3) is 4.53. The molecule has 1 fully saturated rings. The summed E-state index contributed by atoms with van der Waals surface area (Å²) in [6.07, 6.45) is 2.83. The quantitative estimate of drug-likeness (QED) is 0.835. The number of likely N-dealkylation sites (N-methyl/N-ethyl adjacent to an activating group) is 2. The zero-order valence-corrected chi connectivity index (χ0v) is 13.9. The minimum absolute atomic E-state index is 0.363. The molecule has 3 atom stereocenters. The lowest BCUT2D eigenvalue weighted by atomic mass is 9.98. The van der Waals surface area contributed by atoms with E-state index in [1.807, 2.05) is 0 Å². The molecule has 0 aliphatic carbocycles. The van der Waals surface area contributed by atoms with Gasteiger partial charge >= 0.3 is 0 Å². The topological polar surface area (TPSA) is 24.5 Å². The van der Waals surface area contributed by atoms with Crippen LogP contribution in [0.2, 0.25) is 0 Å². The second kappa shape index (κ2) is 7.92. The van der Waals surface area contributed by atoms with E-state index in [1.54, 1.807) is 0 Å². The van der Waals surface area contributed by atoms with E-state index >= 15 is 0 Å². The first-order valence-corrected chi connectivity index (χ1v) is 8.23. The van der Waals surface area contributed by atoms with Gasteiger partial charge in [-0.2, -0.15) is 0 Å². The van der Waals surface area contributed by atoms with Crippen molar-refractivity contribution in [3.05, 3.63) is 35.4 Å². The van der Waals surface area contributed by atoms with Crippen molar-refractivity contribution < 1.29 is 4.74 Å². The first kappa shape index (κ1) is 16.5. The lowest BCUT2D eigenvalue weighted by Crippen LogP contribution is -2.43. The molecule has 1 saturated heterocycles. The van der Waals surface area contributed by atoms with Crippen LogP contribution in [0, 0.1) is 6.92 Å². The normalized spacial score (nSPS) is 21.7. The van der Waals surface area contributed by atoms with Crippen LogP contribution >= 0.6 is 0 Å². The molecule has 118 valence electrons. The highest BCUT2D eigenvalue weighted by Crippen LogP contribution is 2.22. The Kier molecular flexibility index (Phi) is 6.22. The molecule has 0 aromatic heterocycles. The largest absolute Gasteiger partial charge is 0.377 e. The summed E-state index contributed by atoms with van der Waals surface area (Å²) < 4.78 is 5.77. The third-order valence-corrected chi connectivity index (χ3v) is 4.55. The molecule has 21 heavy (non-hydrogen) atoms. The summed E-state index contributed by atoms with van der Waals surface area (Å²) in [6.45, 7) is 9.56. The van der Waals surface area contributed by atoms with Crippen molar-refractivity contribution >= 4 is 0 Å². The van der Waals surface area contributed by atoms with Crippen LogP contribution in [0.15, 0.2) is 24.3 Å². The van der Waals surface area contributed by atoms with Crippen LogP contribution in [0.1, 0.15) is 43.9 Å². The molecule has 0 saturated carbocycles. The Balaban J connectivity index is 2.03. The SMILES string of the molecule is CCNC(c1ccc(C)cc1)C(C)N(C)CC1CCCO1. The molecule has 0 amide bonds. The van der Waals surface area contributed by atoms with Crippen molar-refractivity contribution in [3.63, 3.8) is 0 Å². The van der Waals surface area contributed by atoms with Crippen LogP contribution in [0.4, 0.5) is 0 Å². The fraction of sp³-hybridized carbons (Fsp3) is 0.667. The van der Waals surface area contributed by atoms with E-state index in [9.17, 15) is 0 Å². The van der Waals surface area contributed by atoms with Gasteiger partial charge in [-0.05, 0) is 45.8 Å². The van der Waals surface area contributed by atoms with Crippen molar-refractivity contribution in [2.45, 2.75) is 51.8 Å². The number of rotatable bonds is 7. The molecular weight excluding hydrogens is 260 g/mol. The molecule has 1 aliphatic rings. The Hall–Kier alpha value is -0.900. The zero-order chi connectivity index (χ0) is 15.2. The van der Waals surface area contributed by atoms with Gasteiger partial charge in [-0.3, -0.25) is 4.90 Å². The van der Waals surface area contributed by atoms with Gasteiger partial charge in [0.2, 0.25) is 0 Å². The lowest BCUT2D eigenvalue weighted by Gasteiger charge is -2.34. The minimum atomic E-state index is 0.363. The number of aryl methyl sites for hydroxylation is 1. The molecule has 3 unspecified atom stereocenters. The highest BCUT2D eigenvalue weighted by Gasteiger charge is 2.25. The van der Waals surface area contributed by atoms with Crippen LogP contribution in [-0.4, -0.2) is 43.8 Å². The summed E-state index contributed by atoms with van der Waals surface area (Å²) >= 11 is 0. The summed E-state index contributed by atoms with van der Waals surface area (Å²) in [5.74, 6) is 0. The average molecular weight is 290 g/mol. The van der Waals surface area contributed by atoms with E-state index in [0.717, 1.165) is 19.7 Å². The summed E-state index contributed by atoms with van der Waals surface area (Å²) in [5.41, 5.74) is 2.68. The first-order valence-electron chi connectivity index (χ1n) is 8.23. The smallest absolute Gasteiger partial charge is 0.0702 e. The van der Waals surface area contributed by atoms with Gasteiger partial charge in [-0.15, -0.1) is 0 Å². The molecule has 3 heteroatoms. The fourth-order valence-corrected chi connectivity index (χ4v) is 3.09. The standard InChI is InChI=1S/C18H30N2O/c1-5-19-18(16-10-8-14(2)9-11-16)15(3)20(4)13-17-7-6-12-21-17/h8-11,15,17-19H,5-7,12-13H2,1-4H3. The maximum atomic E-state index is 5.77. The molecule has 0 radical (unpaired) electrons. The predicted molar refractivity (Wildman–Crippen MR) is 88.7 cm³/mol. The molecular formula is C18H30N2O. The molecule has 1 N–H and O–H groups in total. The molecule has 0 spiro atoms. The highest BCUT2D eigenvalue weighted by molar-refractivity contribution is 5.25. The number of benzene rings is 1.